The fourth-order valence-electron chi connectivity index (χ4n) is 2.61. The third-order valence-electron chi connectivity index (χ3n) is 4.66. The molecule has 0 saturated carbocycles. The molecule has 2 aromatic carbocycles. The van der Waals surface area contributed by atoms with Crippen molar-refractivity contribution in [1.29, 1.82) is 0 Å². The average molecular weight is 421 g/mol. The number of benzene rings is 2. The van der Waals surface area contributed by atoms with E-state index >= 15 is 0 Å². The summed E-state index contributed by atoms with van der Waals surface area (Å²) in [5.74, 6) is 0.667. The van der Waals surface area contributed by atoms with E-state index in [2.05, 4.69) is 5.32 Å². The van der Waals surface area contributed by atoms with Gasteiger partial charge in [0.05, 0.1) is 24.8 Å². The molecular weight excluding hydrogens is 392 g/mol. The lowest BCUT2D eigenvalue weighted by atomic mass is 10.1. The number of sulfonamides is 1. The van der Waals surface area contributed by atoms with Gasteiger partial charge >= 0.3 is 0 Å². The van der Waals surface area contributed by atoms with Crippen molar-refractivity contribution in [2.75, 3.05) is 25.1 Å². The fourth-order valence-corrected chi connectivity index (χ4v) is 4.05. The average Bonchev–Trinajstić information content (AvgIpc) is 2.71. The van der Waals surface area contributed by atoms with E-state index in [-0.39, 0.29) is 29.3 Å². The molecule has 0 saturated heterocycles. The second kappa shape index (κ2) is 9.65. The van der Waals surface area contributed by atoms with Gasteiger partial charge in [-0.3, -0.25) is 9.10 Å². The summed E-state index contributed by atoms with van der Waals surface area (Å²) in [4.78, 5) is 12.7. The standard InChI is InChI=1S/C21H28N2O5S/c1-15(2)16(3)22-21(24)14-23(29(25,26)18-9-7-6-8-10-18)17-11-12-19(27-4)20(13-17)28-5/h6-13,15-16H,14H2,1-5H3,(H,22,24)/t16-/m0/s1. The number of nitrogens with one attached hydrogen (secondary N) is 1. The van der Waals surface area contributed by atoms with E-state index in [1.165, 1.54) is 26.4 Å². The van der Waals surface area contributed by atoms with Crippen molar-refractivity contribution in [3.63, 3.8) is 0 Å². The summed E-state index contributed by atoms with van der Waals surface area (Å²) in [5.41, 5.74) is 0.304. The number of amides is 1. The number of methoxy groups -OCH3 is 2. The van der Waals surface area contributed by atoms with Crippen LogP contribution in [0.3, 0.4) is 0 Å². The van der Waals surface area contributed by atoms with Gasteiger partial charge in [-0.25, -0.2) is 8.42 Å². The van der Waals surface area contributed by atoms with Gasteiger partial charge in [0.1, 0.15) is 6.54 Å². The summed E-state index contributed by atoms with van der Waals surface area (Å²) in [6.45, 7) is 5.49. The molecule has 0 heterocycles. The van der Waals surface area contributed by atoms with Crippen LogP contribution in [0.5, 0.6) is 11.5 Å². The molecule has 0 fully saturated rings. The van der Waals surface area contributed by atoms with Crippen molar-refractivity contribution >= 4 is 21.6 Å². The molecule has 1 N–H and O–H groups in total. The van der Waals surface area contributed by atoms with Crippen LogP contribution in [0.25, 0.3) is 0 Å². The van der Waals surface area contributed by atoms with Crippen LogP contribution >= 0.6 is 0 Å². The van der Waals surface area contributed by atoms with Crippen LogP contribution < -0.4 is 19.1 Å². The maximum atomic E-state index is 13.3. The van der Waals surface area contributed by atoms with Gasteiger partial charge in [0, 0.05) is 12.1 Å². The van der Waals surface area contributed by atoms with Gasteiger partial charge in [0.2, 0.25) is 5.91 Å². The highest BCUT2D eigenvalue weighted by atomic mass is 32.2. The van der Waals surface area contributed by atoms with E-state index in [1.807, 2.05) is 20.8 Å². The molecular formula is C21H28N2O5S. The van der Waals surface area contributed by atoms with Crippen LogP contribution in [0.4, 0.5) is 5.69 Å². The molecule has 2 aromatic rings. The Hall–Kier alpha value is -2.74. The number of rotatable bonds is 9. The second-order valence-electron chi connectivity index (χ2n) is 6.96. The zero-order valence-corrected chi connectivity index (χ0v) is 18.2. The topological polar surface area (TPSA) is 84.9 Å². The summed E-state index contributed by atoms with van der Waals surface area (Å²) in [5, 5.41) is 2.85. The molecule has 0 aliphatic heterocycles. The predicted molar refractivity (Wildman–Crippen MR) is 113 cm³/mol. The van der Waals surface area contributed by atoms with Gasteiger partial charge in [-0.15, -0.1) is 0 Å². The first kappa shape index (κ1) is 22.5. The number of nitrogens with zero attached hydrogens (tertiary/aromatic N) is 1. The van der Waals surface area contributed by atoms with E-state index < -0.39 is 10.0 Å². The van der Waals surface area contributed by atoms with Crippen LogP contribution in [0.2, 0.25) is 0 Å². The molecule has 0 aromatic heterocycles. The lowest BCUT2D eigenvalue weighted by Crippen LogP contribution is -2.45. The van der Waals surface area contributed by atoms with E-state index in [1.54, 1.807) is 36.4 Å². The molecule has 1 atom stereocenters. The van der Waals surface area contributed by atoms with E-state index in [0.717, 1.165) is 4.31 Å². The van der Waals surface area contributed by atoms with Gasteiger partial charge in [0.25, 0.3) is 10.0 Å². The van der Waals surface area contributed by atoms with Crippen LogP contribution in [-0.4, -0.2) is 41.1 Å². The Morgan fingerprint density at radius 1 is 1.00 bits per heavy atom. The molecule has 0 aliphatic carbocycles. The Morgan fingerprint density at radius 2 is 1.62 bits per heavy atom. The highest BCUT2D eigenvalue weighted by Gasteiger charge is 2.28. The Kier molecular flexibility index (Phi) is 7.50. The monoisotopic (exact) mass is 420 g/mol. The maximum absolute atomic E-state index is 13.3. The quantitative estimate of drug-likeness (QED) is 0.674. The molecule has 7 nitrogen and oxygen atoms in total. The Balaban J connectivity index is 2.47. The molecule has 1 amide bonds. The number of anilines is 1. The number of hydrogen-bond acceptors (Lipinski definition) is 5. The van der Waals surface area contributed by atoms with Crippen LogP contribution in [0.1, 0.15) is 20.8 Å². The van der Waals surface area contributed by atoms with Crippen molar-refractivity contribution in [1.82, 2.24) is 5.32 Å². The smallest absolute Gasteiger partial charge is 0.264 e. The summed E-state index contributed by atoms with van der Waals surface area (Å²) in [6, 6.07) is 12.7. The second-order valence-corrected chi connectivity index (χ2v) is 8.83. The van der Waals surface area contributed by atoms with Crippen molar-refractivity contribution in [3.8, 4) is 11.5 Å². The summed E-state index contributed by atoms with van der Waals surface area (Å²) >= 11 is 0. The first-order chi connectivity index (χ1) is 13.7. The normalized spacial score (nSPS) is 12.3. The number of hydrogen-bond donors (Lipinski definition) is 1. The lowest BCUT2D eigenvalue weighted by Gasteiger charge is -2.26. The van der Waals surface area contributed by atoms with E-state index in [0.29, 0.717) is 17.2 Å². The highest BCUT2D eigenvalue weighted by Crippen LogP contribution is 2.33. The van der Waals surface area contributed by atoms with Crippen molar-refractivity contribution in [2.45, 2.75) is 31.7 Å². The minimum absolute atomic E-state index is 0.0887. The van der Waals surface area contributed by atoms with E-state index in [4.69, 9.17) is 9.47 Å². The molecule has 29 heavy (non-hydrogen) atoms. The summed E-state index contributed by atoms with van der Waals surface area (Å²) in [7, 11) is -1.01. The van der Waals surface area contributed by atoms with Gasteiger partial charge < -0.3 is 14.8 Å². The first-order valence-electron chi connectivity index (χ1n) is 9.30. The maximum Gasteiger partial charge on any atom is 0.264 e. The number of carbonyl (C=O) groups excluding carboxylic acids is 1. The van der Waals surface area contributed by atoms with Gasteiger partial charge in [-0.1, -0.05) is 32.0 Å². The predicted octanol–water partition coefficient (Wildman–Crippen LogP) is 3.06. The van der Waals surface area contributed by atoms with Crippen molar-refractivity contribution < 1.29 is 22.7 Å². The zero-order chi connectivity index (χ0) is 21.6. The zero-order valence-electron chi connectivity index (χ0n) is 17.4. The molecule has 8 heteroatoms. The van der Waals surface area contributed by atoms with Crippen molar-refractivity contribution in [3.05, 3.63) is 48.5 Å². The molecule has 0 unspecified atom stereocenters. The number of ether oxygens (including phenoxy) is 2. The van der Waals surface area contributed by atoms with Gasteiger partial charge in [-0.2, -0.15) is 0 Å². The van der Waals surface area contributed by atoms with Crippen LogP contribution in [0.15, 0.2) is 53.4 Å². The summed E-state index contributed by atoms with van der Waals surface area (Å²) in [6.07, 6.45) is 0. The van der Waals surface area contributed by atoms with Crippen molar-refractivity contribution in [2.24, 2.45) is 5.92 Å². The molecule has 2 rings (SSSR count). The number of carbonyl (C=O) groups is 1. The Bertz CT molecular complexity index is 929. The Labute approximate surface area is 172 Å². The SMILES string of the molecule is COc1ccc(N(CC(=O)N[C@@H](C)C(C)C)S(=O)(=O)c2ccccc2)cc1OC. The van der Waals surface area contributed by atoms with Gasteiger partial charge in [-0.05, 0) is 37.1 Å². The van der Waals surface area contributed by atoms with Crippen LogP contribution in [-0.2, 0) is 14.8 Å². The minimum Gasteiger partial charge on any atom is -0.493 e. The minimum atomic E-state index is -3.97. The van der Waals surface area contributed by atoms with Gasteiger partial charge in [0.15, 0.2) is 11.5 Å². The Morgan fingerprint density at radius 3 is 2.17 bits per heavy atom. The molecule has 158 valence electrons. The van der Waals surface area contributed by atoms with Crippen LogP contribution in [0, 0.1) is 5.92 Å². The third kappa shape index (κ3) is 5.41. The molecule has 0 spiro atoms. The summed E-state index contributed by atoms with van der Waals surface area (Å²) < 4.78 is 38.2. The largest absolute Gasteiger partial charge is 0.493 e. The lowest BCUT2D eigenvalue weighted by molar-refractivity contribution is -0.120. The first-order valence-corrected chi connectivity index (χ1v) is 10.7. The molecule has 0 aliphatic rings. The fraction of sp³-hybridized carbons (Fsp3) is 0.381. The van der Waals surface area contributed by atoms with E-state index in [9.17, 15) is 13.2 Å². The highest BCUT2D eigenvalue weighted by molar-refractivity contribution is 7.92. The molecule has 0 radical (unpaired) electrons. The third-order valence-corrected chi connectivity index (χ3v) is 6.45. The molecule has 0 bridgehead atoms.